The summed E-state index contributed by atoms with van der Waals surface area (Å²) in [6.45, 7) is 3.88. The van der Waals surface area contributed by atoms with Crippen LogP contribution in [0, 0.1) is 6.92 Å². The first kappa shape index (κ1) is 13.3. The van der Waals surface area contributed by atoms with Gasteiger partial charge in [0.15, 0.2) is 0 Å². The molecule has 3 N–H and O–H groups in total. The molecule has 1 aliphatic heterocycles. The first-order valence-electron chi connectivity index (χ1n) is 5.87. The van der Waals surface area contributed by atoms with E-state index in [-0.39, 0.29) is 18.0 Å². The van der Waals surface area contributed by atoms with Crippen LogP contribution in [-0.4, -0.2) is 36.5 Å². The van der Waals surface area contributed by atoms with E-state index < -0.39 is 15.6 Å². The van der Waals surface area contributed by atoms with Crippen LogP contribution in [0.15, 0.2) is 23.1 Å². The Morgan fingerprint density at radius 1 is 1.44 bits per heavy atom. The average molecular weight is 270 g/mol. The third-order valence-corrected chi connectivity index (χ3v) is 5.36. The second kappa shape index (κ2) is 4.22. The predicted molar refractivity (Wildman–Crippen MR) is 69.6 cm³/mol. The highest BCUT2D eigenvalue weighted by Crippen LogP contribution is 2.31. The number of nitrogen functional groups attached to an aromatic ring is 1. The summed E-state index contributed by atoms with van der Waals surface area (Å²) in [4.78, 5) is 0.223. The number of sulfonamides is 1. The lowest BCUT2D eigenvalue weighted by atomic mass is 9.94. The summed E-state index contributed by atoms with van der Waals surface area (Å²) in [6.07, 6.45) is 0.551. The molecule has 1 aromatic rings. The van der Waals surface area contributed by atoms with Crippen molar-refractivity contribution in [1.82, 2.24) is 4.31 Å². The van der Waals surface area contributed by atoms with Crippen molar-refractivity contribution in [3.05, 3.63) is 23.8 Å². The Morgan fingerprint density at radius 2 is 2.06 bits per heavy atom. The normalized spacial score (nSPS) is 19.5. The molecule has 0 amide bonds. The first-order valence-corrected chi connectivity index (χ1v) is 7.31. The van der Waals surface area contributed by atoms with Crippen LogP contribution in [0.25, 0.3) is 0 Å². The van der Waals surface area contributed by atoms with Crippen LogP contribution in [0.3, 0.4) is 0 Å². The van der Waals surface area contributed by atoms with Gasteiger partial charge < -0.3 is 10.8 Å². The zero-order valence-corrected chi connectivity index (χ0v) is 11.4. The SMILES string of the molecule is CCC1(O)CN(S(=O)(=O)c2cc(N)ccc2C)C1. The quantitative estimate of drug-likeness (QED) is 0.793. The topological polar surface area (TPSA) is 83.6 Å². The summed E-state index contributed by atoms with van der Waals surface area (Å²) in [5, 5.41) is 9.89. The van der Waals surface area contributed by atoms with E-state index >= 15 is 0 Å². The molecular weight excluding hydrogens is 252 g/mol. The number of rotatable bonds is 3. The minimum Gasteiger partial charge on any atom is -0.399 e. The second-order valence-corrected chi connectivity index (χ2v) is 6.78. The molecule has 0 unspecified atom stereocenters. The van der Waals surface area contributed by atoms with Crippen LogP contribution in [0.5, 0.6) is 0 Å². The Labute approximate surface area is 107 Å². The monoisotopic (exact) mass is 270 g/mol. The van der Waals surface area contributed by atoms with Crippen molar-refractivity contribution in [3.63, 3.8) is 0 Å². The van der Waals surface area contributed by atoms with Crippen molar-refractivity contribution >= 4 is 15.7 Å². The molecule has 1 saturated heterocycles. The third kappa shape index (κ3) is 2.11. The minimum atomic E-state index is -3.54. The van der Waals surface area contributed by atoms with E-state index in [0.717, 1.165) is 0 Å². The summed E-state index contributed by atoms with van der Waals surface area (Å²) in [5.41, 5.74) is 5.84. The Bertz CT molecular complexity index is 563. The van der Waals surface area contributed by atoms with E-state index in [1.807, 2.05) is 6.92 Å². The maximum Gasteiger partial charge on any atom is 0.243 e. The van der Waals surface area contributed by atoms with Gasteiger partial charge in [0.1, 0.15) is 0 Å². The summed E-state index contributed by atoms with van der Waals surface area (Å²) in [7, 11) is -3.54. The number of aryl methyl sites for hydroxylation is 1. The number of aliphatic hydroxyl groups is 1. The molecule has 2 rings (SSSR count). The molecule has 0 spiro atoms. The number of nitrogens with two attached hydrogens (primary N) is 1. The fourth-order valence-electron chi connectivity index (χ4n) is 2.04. The molecule has 18 heavy (non-hydrogen) atoms. The van der Waals surface area contributed by atoms with E-state index in [4.69, 9.17) is 5.73 Å². The molecule has 5 nitrogen and oxygen atoms in total. The molecule has 1 fully saturated rings. The Morgan fingerprint density at radius 3 is 2.61 bits per heavy atom. The lowest BCUT2D eigenvalue weighted by molar-refractivity contribution is -0.0613. The standard InChI is InChI=1S/C12H18N2O3S/c1-3-12(15)7-14(8-12)18(16,17)11-6-10(13)5-4-9(11)2/h4-6,15H,3,7-8,13H2,1-2H3. The van der Waals surface area contributed by atoms with Crippen molar-refractivity contribution in [1.29, 1.82) is 0 Å². The maximum absolute atomic E-state index is 12.4. The Hall–Kier alpha value is -1.11. The van der Waals surface area contributed by atoms with Gasteiger partial charge in [0.2, 0.25) is 10.0 Å². The van der Waals surface area contributed by atoms with Gasteiger partial charge in [0.25, 0.3) is 0 Å². The van der Waals surface area contributed by atoms with Gasteiger partial charge in [-0.2, -0.15) is 4.31 Å². The van der Waals surface area contributed by atoms with Gasteiger partial charge >= 0.3 is 0 Å². The predicted octanol–water partition coefficient (Wildman–Crippen LogP) is 0.723. The van der Waals surface area contributed by atoms with E-state index in [9.17, 15) is 13.5 Å². The van der Waals surface area contributed by atoms with Crippen molar-refractivity contribution in [2.45, 2.75) is 30.8 Å². The smallest absolute Gasteiger partial charge is 0.243 e. The molecule has 6 heteroatoms. The lowest BCUT2D eigenvalue weighted by Crippen LogP contribution is -2.62. The Kier molecular flexibility index (Phi) is 3.12. The van der Waals surface area contributed by atoms with Crippen molar-refractivity contribution in [2.75, 3.05) is 18.8 Å². The van der Waals surface area contributed by atoms with Gasteiger partial charge in [-0.3, -0.25) is 0 Å². The van der Waals surface area contributed by atoms with E-state index in [0.29, 0.717) is 17.7 Å². The van der Waals surface area contributed by atoms with Crippen molar-refractivity contribution in [3.8, 4) is 0 Å². The summed E-state index contributed by atoms with van der Waals surface area (Å²) >= 11 is 0. The molecule has 100 valence electrons. The largest absolute Gasteiger partial charge is 0.399 e. The zero-order valence-electron chi connectivity index (χ0n) is 10.5. The van der Waals surface area contributed by atoms with Gasteiger partial charge in [-0.1, -0.05) is 13.0 Å². The molecule has 0 saturated carbocycles. The number of nitrogens with zero attached hydrogens (tertiary/aromatic N) is 1. The highest BCUT2D eigenvalue weighted by molar-refractivity contribution is 7.89. The van der Waals surface area contributed by atoms with Gasteiger partial charge in [0, 0.05) is 18.8 Å². The van der Waals surface area contributed by atoms with Crippen LogP contribution in [0.1, 0.15) is 18.9 Å². The van der Waals surface area contributed by atoms with Gasteiger partial charge in [-0.25, -0.2) is 8.42 Å². The lowest BCUT2D eigenvalue weighted by Gasteiger charge is -2.45. The van der Waals surface area contributed by atoms with Crippen LogP contribution < -0.4 is 5.73 Å². The highest BCUT2D eigenvalue weighted by atomic mass is 32.2. The summed E-state index contributed by atoms with van der Waals surface area (Å²) in [6, 6.07) is 4.83. The highest BCUT2D eigenvalue weighted by Gasteiger charge is 2.46. The number of β-amino-alcohol motifs (C(OH)–C–C–N with tert-alkyl or cyclic N) is 1. The second-order valence-electron chi connectivity index (χ2n) is 4.88. The van der Waals surface area contributed by atoms with Gasteiger partial charge in [-0.15, -0.1) is 0 Å². The summed E-state index contributed by atoms with van der Waals surface area (Å²) in [5.74, 6) is 0. The maximum atomic E-state index is 12.4. The van der Waals surface area contributed by atoms with E-state index in [1.165, 1.54) is 10.4 Å². The number of anilines is 1. The number of hydrogen-bond acceptors (Lipinski definition) is 4. The summed E-state index contributed by atoms with van der Waals surface area (Å²) < 4.78 is 26.0. The van der Waals surface area contributed by atoms with Crippen LogP contribution in [0.4, 0.5) is 5.69 Å². The minimum absolute atomic E-state index is 0.153. The first-order chi connectivity index (χ1) is 8.28. The molecule has 1 aliphatic rings. The molecule has 0 bridgehead atoms. The van der Waals surface area contributed by atoms with E-state index in [1.54, 1.807) is 19.1 Å². The molecule has 0 radical (unpaired) electrons. The van der Waals surface area contributed by atoms with Crippen molar-refractivity contribution in [2.24, 2.45) is 0 Å². The molecule has 1 aromatic carbocycles. The van der Waals surface area contributed by atoms with E-state index in [2.05, 4.69) is 0 Å². The van der Waals surface area contributed by atoms with Gasteiger partial charge in [-0.05, 0) is 31.0 Å². The van der Waals surface area contributed by atoms with Crippen molar-refractivity contribution < 1.29 is 13.5 Å². The third-order valence-electron chi connectivity index (χ3n) is 3.43. The van der Waals surface area contributed by atoms with Crippen LogP contribution >= 0.6 is 0 Å². The average Bonchev–Trinajstić information content (AvgIpc) is 2.28. The van der Waals surface area contributed by atoms with Gasteiger partial charge in [0.05, 0.1) is 10.5 Å². The molecule has 0 atom stereocenters. The molecule has 1 heterocycles. The Balaban J connectivity index is 2.31. The number of benzene rings is 1. The zero-order chi connectivity index (χ0) is 13.6. The fraction of sp³-hybridized carbons (Fsp3) is 0.500. The molecule has 0 aliphatic carbocycles. The number of hydrogen-bond donors (Lipinski definition) is 2. The molecular formula is C12H18N2O3S. The van der Waals surface area contributed by atoms with Crippen LogP contribution in [0.2, 0.25) is 0 Å². The molecule has 0 aromatic heterocycles. The fourth-order valence-corrected chi connectivity index (χ4v) is 3.90. The van der Waals surface area contributed by atoms with Crippen LogP contribution in [-0.2, 0) is 10.0 Å².